The maximum absolute atomic E-state index is 12.6. The van der Waals surface area contributed by atoms with E-state index >= 15 is 0 Å². The fraction of sp³-hybridized carbons (Fsp3) is 0.200. The maximum Gasteiger partial charge on any atom is 0.350 e. The lowest BCUT2D eigenvalue weighted by atomic mass is 9.97. The van der Waals surface area contributed by atoms with E-state index in [4.69, 9.17) is 21.1 Å². The van der Waals surface area contributed by atoms with Crippen LogP contribution in [0.15, 0.2) is 47.3 Å². The summed E-state index contributed by atoms with van der Waals surface area (Å²) in [4.78, 5) is 16.7. The number of fused-ring (bicyclic) bond motifs is 3. The van der Waals surface area contributed by atoms with E-state index in [1.165, 1.54) is 0 Å². The predicted molar refractivity (Wildman–Crippen MR) is 116 cm³/mol. The molecule has 1 aliphatic rings. The van der Waals surface area contributed by atoms with Crippen molar-refractivity contribution in [1.82, 2.24) is 9.55 Å². The van der Waals surface area contributed by atoms with Crippen molar-refractivity contribution in [3.05, 3.63) is 63.5 Å². The van der Waals surface area contributed by atoms with Gasteiger partial charge in [-0.3, -0.25) is 4.57 Å². The Morgan fingerprint density at radius 2 is 1.79 bits per heavy atom. The molecule has 0 bridgehead atoms. The highest BCUT2D eigenvalue weighted by molar-refractivity contribution is 6.33. The van der Waals surface area contributed by atoms with E-state index in [1.54, 1.807) is 24.9 Å². The average Bonchev–Trinajstić information content (AvgIpc) is 2.68. The summed E-state index contributed by atoms with van der Waals surface area (Å²) in [6, 6.07) is 13.0. The lowest BCUT2D eigenvalue weighted by Crippen LogP contribution is -2.28. The van der Waals surface area contributed by atoms with Gasteiger partial charge in [0.1, 0.15) is 5.82 Å². The number of methoxy groups -OCH3 is 2. The average molecular weight is 438 g/mol. The topological polar surface area (TPSA) is 96.9 Å². The van der Waals surface area contributed by atoms with Crippen LogP contribution in [-0.4, -0.2) is 29.2 Å². The van der Waals surface area contributed by atoms with Gasteiger partial charge >= 0.3 is 5.69 Å². The van der Waals surface area contributed by atoms with Crippen molar-refractivity contribution in [1.29, 1.82) is 0 Å². The first-order valence-electron chi connectivity index (χ1n) is 8.49. The van der Waals surface area contributed by atoms with Gasteiger partial charge in [-0.25, -0.2) is 4.79 Å². The van der Waals surface area contributed by atoms with Crippen LogP contribution in [0.4, 0.5) is 11.5 Å². The molecule has 0 aliphatic carbocycles. The summed E-state index contributed by atoms with van der Waals surface area (Å²) in [7, 11) is 3.21. The molecule has 0 atom stereocenters. The molecule has 0 radical (unpaired) electrons. The number of nitrogens with one attached hydrogen (secondary N) is 1. The first kappa shape index (κ1) is 22.5. The third-order valence-corrected chi connectivity index (χ3v) is 4.97. The summed E-state index contributed by atoms with van der Waals surface area (Å²) >= 11 is 6.21. The lowest BCUT2D eigenvalue weighted by molar-refractivity contribution is 0.354. The third-order valence-electron chi connectivity index (χ3n) is 4.64. The molecule has 1 aliphatic heterocycles. The number of aryl methyl sites for hydroxylation is 1. The molecule has 0 spiro atoms. The zero-order valence-corrected chi connectivity index (χ0v) is 17.4. The molecule has 0 saturated heterocycles. The van der Waals surface area contributed by atoms with Crippen LogP contribution in [0.1, 0.15) is 5.56 Å². The zero-order chi connectivity index (χ0) is 19.0. The number of anilines is 2. The van der Waals surface area contributed by atoms with E-state index in [0.29, 0.717) is 34.6 Å². The predicted octanol–water partition coefficient (Wildman–Crippen LogP) is 3.48. The minimum Gasteiger partial charge on any atom is -0.493 e. The quantitative estimate of drug-likeness (QED) is 0.673. The smallest absolute Gasteiger partial charge is 0.350 e. The summed E-state index contributed by atoms with van der Waals surface area (Å²) in [5, 5.41) is 3.69. The highest BCUT2D eigenvalue weighted by Gasteiger charge is 2.21. The minimum absolute atomic E-state index is 0. The Balaban J connectivity index is 0.00000150. The van der Waals surface area contributed by atoms with Crippen LogP contribution in [-0.2, 0) is 13.0 Å². The normalized spacial score (nSPS) is 11.3. The highest BCUT2D eigenvalue weighted by atomic mass is 35.5. The third kappa shape index (κ3) is 4.17. The number of nitrogens with zero attached hydrogens (tertiary/aromatic N) is 2. The first-order chi connectivity index (χ1) is 13.1. The number of aromatic nitrogens is 2. The van der Waals surface area contributed by atoms with E-state index < -0.39 is 0 Å². The second kappa shape index (κ2) is 9.17. The van der Waals surface area contributed by atoms with E-state index in [1.807, 2.05) is 36.4 Å². The SMILES string of the molecule is COc1cc2c(cc1OC)-c1cc(Nc3ccccc3Cl)nc(=O)n1CC2.Cl.O. The molecule has 3 N–H and O–H groups in total. The molecule has 0 amide bonds. The molecule has 29 heavy (non-hydrogen) atoms. The number of halogens is 2. The molecular weight excluding hydrogens is 417 g/mol. The highest BCUT2D eigenvalue weighted by Crippen LogP contribution is 2.38. The molecule has 2 heterocycles. The Labute approximate surface area is 179 Å². The molecule has 2 aromatic carbocycles. The second-order valence-electron chi connectivity index (χ2n) is 6.18. The van der Waals surface area contributed by atoms with Gasteiger partial charge in [-0.2, -0.15) is 4.98 Å². The fourth-order valence-corrected chi connectivity index (χ4v) is 3.49. The van der Waals surface area contributed by atoms with E-state index in [9.17, 15) is 4.79 Å². The Morgan fingerprint density at radius 3 is 2.48 bits per heavy atom. The van der Waals surface area contributed by atoms with Crippen LogP contribution in [0.3, 0.4) is 0 Å². The van der Waals surface area contributed by atoms with Crippen molar-refractivity contribution in [2.24, 2.45) is 0 Å². The molecule has 1 aromatic heterocycles. The monoisotopic (exact) mass is 437 g/mol. The second-order valence-corrected chi connectivity index (χ2v) is 6.59. The van der Waals surface area contributed by atoms with Crippen molar-refractivity contribution in [3.8, 4) is 22.8 Å². The Bertz CT molecular complexity index is 1090. The van der Waals surface area contributed by atoms with Crippen molar-refractivity contribution in [3.63, 3.8) is 0 Å². The zero-order valence-electron chi connectivity index (χ0n) is 15.9. The van der Waals surface area contributed by atoms with Crippen molar-refractivity contribution in [2.75, 3.05) is 19.5 Å². The van der Waals surface area contributed by atoms with Crippen molar-refractivity contribution < 1.29 is 14.9 Å². The number of hydrogen-bond donors (Lipinski definition) is 1. The Kier molecular flexibility index (Phi) is 7.13. The van der Waals surface area contributed by atoms with E-state index in [0.717, 1.165) is 23.2 Å². The summed E-state index contributed by atoms with van der Waals surface area (Å²) in [5.74, 6) is 1.74. The van der Waals surface area contributed by atoms with Gasteiger partial charge in [0, 0.05) is 18.2 Å². The van der Waals surface area contributed by atoms with Crippen molar-refractivity contribution in [2.45, 2.75) is 13.0 Å². The summed E-state index contributed by atoms with van der Waals surface area (Å²) in [6.07, 6.45) is 0.724. The molecule has 154 valence electrons. The Morgan fingerprint density at radius 1 is 1.10 bits per heavy atom. The van der Waals surface area contributed by atoms with Gasteiger partial charge < -0.3 is 20.3 Å². The van der Waals surface area contributed by atoms with Gasteiger partial charge in [0.2, 0.25) is 0 Å². The largest absolute Gasteiger partial charge is 0.493 e. The van der Waals surface area contributed by atoms with Crippen LogP contribution < -0.4 is 20.5 Å². The molecular formula is C20H21Cl2N3O4. The number of rotatable bonds is 4. The van der Waals surface area contributed by atoms with Crippen LogP contribution in [0.2, 0.25) is 5.02 Å². The molecule has 4 rings (SSSR count). The minimum atomic E-state index is -0.303. The maximum atomic E-state index is 12.6. The molecule has 0 unspecified atom stereocenters. The Hall–Kier alpha value is -2.74. The van der Waals surface area contributed by atoms with E-state index in [-0.39, 0.29) is 23.6 Å². The lowest BCUT2D eigenvalue weighted by Gasteiger charge is -2.23. The fourth-order valence-electron chi connectivity index (χ4n) is 3.31. The molecule has 0 saturated carbocycles. The van der Waals surface area contributed by atoms with Gasteiger partial charge in [0.05, 0.1) is 30.6 Å². The van der Waals surface area contributed by atoms with Crippen molar-refractivity contribution >= 4 is 35.5 Å². The number of hydrogen-bond acceptors (Lipinski definition) is 5. The van der Waals surface area contributed by atoms with Crippen LogP contribution in [0, 0.1) is 0 Å². The van der Waals surface area contributed by atoms with Gasteiger partial charge in [0.15, 0.2) is 11.5 Å². The summed E-state index contributed by atoms with van der Waals surface area (Å²) in [6.45, 7) is 0.565. The van der Waals surface area contributed by atoms with Crippen LogP contribution >= 0.6 is 24.0 Å². The van der Waals surface area contributed by atoms with Crippen LogP contribution in [0.25, 0.3) is 11.3 Å². The number of benzene rings is 2. The first-order valence-corrected chi connectivity index (χ1v) is 8.87. The number of para-hydroxylation sites is 1. The van der Waals surface area contributed by atoms with Crippen LogP contribution in [0.5, 0.6) is 11.5 Å². The van der Waals surface area contributed by atoms with Gasteiger partial charge in [-0.15, -0.1) is 12.4 Å². The van der Waals surface area contributed by atoms with Gasteiger partial charge in [-0.1, -0.05) is 23.7 Å². The standard InChI is InChI=1S/C20H18ClN3O3.ClH.H2O/c1-26-17-9-12-7-8-24-16(13(12)10-18(17)27-2)11-19(23-20(24)25)22-15-6-4-3-5-14(15)21;;/h3-6,9-11H,7-8H2,1-2H3,(H,22,23,25);1H;1H2. The van der Waals surface area contributed by atoms with Gasteiger partial charge in [-0.05, 0) is 36.2 Å². The molecule has 7 nitrogen and oxygen atoms in total. The van der Waals surface area contributed by atoms with E-state index in [2.05, 4.69) is 10.3 Å². The molecule has 3 aromatic rings. The number of ether oxygens (including phenoxy) is 2. The summed E-state index contributed by atoms with van der Waals surface area (Å²) in [5.41, 5.74) is 3.20. The summed E-state index contributed by atoms with van der Waals surface area (Å²) < 4.78 is 12.5. The molecule has 0 fully saturated rings. The molecule has 9 heteroatoms. The van der Waals surface area contributed by atoms with Gasteiger partial charge in [0.25, 0.3) is 0 Å².